The largest absolute Gasteiger partial charge is 0.487 e. The Kier molecular flexibility index (Phi) is 4.69. The molecule has 21 heavy (non-hydrogen) atoms. The van der Waals surface area contributed by atoms with Crippen molar-refractivity contribution in [1.29, 1.82) is 0 Å². The molecule has 1 aliphatic rings. The van der Waals surface area contributed by atoms with Gasteiger partial charge in [-0.05, 0) is 38.0 Å². The number of para-hydroxylation sites is 1. The van der Waals surface area contributed by atoms with Crippen LogP contribution in [0, 0.1) is 0 Å². The molecule has 0 atom stereocenters. The predicted octanol–water partition coefficient (Wildman–Crippen LogP) is 4.31. The average molecular weight is 302 g/mol. The second kappa shape index (κ2) is 6.31. The molecule has 3 rings (SSSR count). The van der Waals surface area contributed by atoms with Gasteiger partial charge >= 0.3 is 0 Å². The van der Waals surface area contributed by atoms with E-state index < -0.39 is 0 Å². The van der Waals surface area contributed by atoms with Crippen LogP contribution in [0.5, 0.6) is 5.75 Å². The first-order valence-electron chi connectivity index (χ1n) is 6.99. The number of rotatable bonds is 3. The summed E-state index contributed by atoms with van der Waals surface area (Å²) in [6.45, 7) is 4.86. The number of aliphatic imine (C=N–C) groups is 1. The molecule has 0 N–H and O–H groups in total. The molecule has 0 saturated carbocycles. The van der Waals surface area contributed by atoms with Crippen molar-refractivity contribution in [3.05, 3.63) is 65.7 Å². The molecule has 2 aromatic carbocycles. The molecule has 0 radical (unpaired) electrons. The van der Waals surface area contributed by atoms with Crippen LogP contribution < -0.4 is 4.74 Å². The molecular weight excluding hydrogens is 282 g/mol. The topological polar surface area (TPSA) is 21.6 Å². The van der Waals surface area contributed by atoms with Gasteiger partial charge in [0.15, 0.2) is 0 Å². The second-order valence-electron chi connectivity index (χ2n) is 5.81. The predicted molar refractivity (Wildman–Crippen MR) is 89.9 cm³/mol. The Morgan fingerprint density at radius 3 is 2.43 bits per heavy atom. The zero-order valence-corrected chi connectivity index (χ0v) is 13.2. The molecule has 2 aromatic rings. The van der Waals surface area contributed by atoms with Gasteiger partial charge in [0.1, 0.15) is 12.4 Å². The third kappa shape index (κ3) is 3.64. The van der Waals surface area contributed by atoms with E-state index >= 15 is 0 Å². The summed E-state index contributed by atoms with van der Waals surface area (Å²) in [6, 6.07) is 18.4. The fourth-order valence-corrected chi connectivity index (χ4v) is 2.67. The van der Waals surface area contributed by atoms with Crippen molar-refractivity contribution in [2.45, 2.75) is 25.8 Å². The van der Waals surface area contributed by atoms with Crippen LogP contribution in [0.25, 0.3) is 0 Å². The minimum atomic E-state index is -0.0519. The maximum atomic E-state index is 5.86. The minimum absolute atomic E-state index is 0. The highest BCUT2D eigenvalue weighted by Crippen LogP contribution is 2.27. The lowest BCUT2D eigenvalue weighted by Gasteiger charge is -2.29. The Morgan fingerprint density at radius 2 is 1.67 bits per heavy atom. The minimum Gasteiger partial charge on any atom is -0.487 e. The first-order valence-corrected chi connectivity index (χ1v) is 6.99. The summed E-state index contributed by atoms with van der Waals surface area (Å²) in [5, 5.41) is 0. The van der Waals surface area contributed by atoms with Crippen molar-refractivity contribution in [3.8, 4) is 5.75 Å². The van der Waals surface area contributed by atoms with Gasteiger partial charge in [0.05, 0.1) is 11.3 Å². The number of ether oxygens (including phenoxy) is 1. The average Bonchev–Trinajstić information content (AvgIpc) is 2.45. The summed E-state index contributed by atoms with van der Waals surface area (Å²) < 4.78 is 5.86. The molecule has 0 fully saturated rings. The number of hydrogen-bond donors (Lipinski definition) is 0. The first-order chi connectivity index (χ1) is 9.64. The summed E-state index contributed by atoms with van der Waals surface area (Å²) in [5.74, 6) is 0.885. The molecule has 0 amide bonds. The maximum absolute atomic E-state index is 5.86. The van der Waals surface area contributed by atoms with E-state index in [-0.39, 0.29) is 17.9 Å². The third-order valence-electron chi connectivity index (χ3n) is 3.51. The van der Waals surface area contributed by atoms with Gasteiger partial charge in [-0.25, -0.2) is 0 Å². The van der Waals surface area contributed by atoms with Crippen LogP contribution in [-0.2, 0) is 6.42 Å². The van der Waals surface area contributed by atoms with Gasteiger partial charge in [-0.15, -0.1) is 12.4 Å². The quantitative estimate of drug-likeness (QED) is 0.828. The van der Waals surface area contributed by atoms with Gasteiger partial charge in [-0.2, -0.15) is 0 Å². The van der Waals surface area contributed by atoms with E-state index in [1.165, 1.54) is 11.1 Å². The fourth-order valence-electron chi connectivity index (χ4n) is 2.67. The highest BCUT2D eigenvalue weighted by atomic mass is 35.5. The van der Waals surface area contributed by atoms with Crippen LogP contribution in [0.4, 0.5) is 0 Å². The molecule has 0 aliphatic carbocycles. The molecule has 3 heteroatoms. The molecule has 0 spiro atoms. The van der Waals surface area contributed by atoms with Crippen molar-refractivity contribution in [3.63, 3.8) is 0 Å². The van der Waals surface area contributed by atoms with Crippen LogP contribution in [0.1, 0.15) is 25.0 Å². The van der Waals surface area contributed by atoms with E-state index in [0.29, 0.717) is 6.61 Å². The molecule has 1 aliphatic heterocycles. The number of nitrogens with zero attached hydrogens (tertiary/aromatic N) is 1. The Bertz CT molecular complexity index is 635. The van der Waals surface area contributed by atoms with Crippen molar-refractivity contribution in [1.82, 2.24) is 0 Å². The highest BCUT2D eigenvalue weighted by molar-refractivity contribution is 6.04. The van der Waals surface area contributed by atoms with Crippen molar-refractivity contribution in [2.24, 2.45) is 4.99 Å². The van der Waals surface area contributed by atoms with Crippen molar-refractivity contribution >= 4 is 18.1 Å². The Morgan fingerprint density at radius 1 is 1.00 bits per heavy atom. The van der Waals surface area contributed by atoms with Crippen LogP contribution in [0.15, 0.2) is 59.6 Å². The zero-order chi connectivity index (χ0) is 14.0. The third-order valence-corrected chi connectivity index (χ3v) is 3.51. The van der Waals surface area contributed by atoms with E-state index in [9.17, 15) is 0 Å². The van der Waals surface area contributed by atoms with E-state index in [1.807, 2.05) is 30.3 Å². The lowest BCUT2D eigenvalue weighted by Crippen LogP contribution is -2.31. The molecular formula is C18H20ClNO. The SMILES string of the molecule is CC1(C)Cc2ccccc2C(COc2ccccc2)=N1.Cl. The van der Waals surface area contributed by atoms with Gasteiger partial charge < -0.3 is 4.74 Å². The van der Waals surface area contributed by atoms with Gasteiger partial charge in [0.2, 0.25) is 0 Å². The summed E-state index contributed by atoms with van der Waals surface area (Å²) in [5.41, 5.74) is 3.58. The van der Waals surface area contributed by atoms with E-state index in [2.05, 4.69) is 38.1 Å². The van der Waals surface area contributed by atoms with Gasteiger partial charge in [-0.3, -0.25) is 4.99 Å². The van der Waals surface area contributed by atoms with Crippen LogP contribution in [0.3, 0.4) is 0 Å². The lowest BCUT2D eigenvalue weighted by molar-refractivity contribution is 0.372. The van der Waals surface area contributed by atoms with E-state index in [1.54, 1.807) is 0 Å². The number of benzene rings is 2. The van der Waals surface area contributed by atoms with E-state index in [4.69, 9.17) is 9.73 Å². The Balaban J connectivity index is 0.00000161. The molecule has 0 bridgehead atoms. The Hall–Kier alpha value is -1.80. The zero-order valence-electron chi connectivity index (χ0n) is 12.4. The molecule has 0 unspecified atom stereocenters. The van der Waals surface area contributed by atoms with Crippen LogP contribution in [0.2, 0.25) is 0 Å². The highest BCUT2D eigenvalue weighted by Gasteiger charge is 2.26. The standard InChI is InChI=1S/C18H19NO.ClH/c1-18(2)12-14-8-6-7-11-16(14)17(19-18)13-20-15-9-4-3-5-10-15;/h3-11H,12-13H2,1-2H3;1H. The van der Waals surface area contributed by atoms with Gasteiger partial charge in [-0.1, -0.05) is 42.5 Å². The first kappa shape index (κ1) is 15.6. The summed E-state index contributed by atoms with van der Waals surface area (Å²) >= 11 is 0. The fraction of sp³-hybridized carbons (Fsp3) is 0.278. The number of fused-ring (bicyclic) bond motifs is 1. The van der Waals surface area contributed by atoms with E-state index in [0.717, 1.165) is 17.9 Å². The maximum Gasteiger partial charge on any atom is 0.130 e. The normalized spacial score (nSPS) is 15.4. The van der Waals surface area contributed by atoms with Gasteiger partial charge in [0, 0.05) is 5.56 Å². The monoisotopic (exact) mass is 301 g/mol. The molecule has 110 valence electrons. The lowest BCUT2D eigenvalue weighted by atomic mass is 9.87. The smallest absolute Gasteiger partial charge is 0.130 e. The second-order valence-corrected chi connectivity index (χ2v) is 5.81. The van der Waals surface area contributed by atoms with Gasteiger partial charge in [0.25, 0.3) is 0 Å². The Labute approximate surface area is 132 Å². The van der Waals surface area contributed by atoms with Crippen molar-refractivity contribution in [2.75, 3.05) is 6.61 Å². The van der Waals surface area contributed by atoms with Crippen LogP contribution in [-0.4, -0.2) is 17.9 Å². The molecule has 2 nitrogen and oxygen atoms in total. The molecule has 0 saturated heterocycles. The molecule has 0 aromatic heterocycles. The summed E-state index contributed by atoms with van der Waals surface area (Å²) in [7, 11) is 0. The number of halogens is 1. The molecule has 1 heterocycles. The summed E-state index contributed by atoms with van der Waals surface area (Å²) in [6.07, 6.45) is 0.984. The summed E-state index contributed by atoms with van der Waals surface area (Å²) in [4.78, 5) is 4.86. The number of hydrogen-bond acceptors (Lipinski definition) is 2. The van der Waals surface area contributed by atoms with Crippen molar-refractivity contribution < 1.29 is 4.74 Å². The van der Waals surface area contributed by atoms with Crippen LogP contribution >= 0.6 is 12.4 Å².